The van der Waals surface area contributed by atoms with Gasteiger partial charge >= 0.3 is 0 Å². The second kappa shape index (κ2) is 11.8. The predicted octanol–water partition coefficient (Wildman–Crippen LogP) is 7.25. The van der Waals surface area contributed by atoms with Crippen LogP contribution in [-0.2, 0) is 5.41 Å². The number of halogens is 1. The van der Waals surface area contributed by atoms with Crippen molar-refractivity contribution in [2.75, 3.05) is 12.9 Å². The molecule has 0 saturated heterocycles. The molecule has 0 heterocycles. The molecule has 6 heteroatoms. The summed E-state index contributed by atoms with van der Waals surface area (Å²) < 4.78 is 5.98. The van der Waals surface area contributed by atoms with Gasteiger partial charge in [0.05, 0.1) is 15.6 Å². The fraction of sp³-hybridized carbons (Fsp3) is 0.308. The topological polar surface area (TPSA) is 65.6 Å². The number of phenols is 1. The number of aliphatic imine (C=N–C) groups is 1. The minimum Gasteiger partial charge on any atom is -0.505 e. The summed E-state index contributed by atoms with van der Waals surface area (Å²) in [4.78, 5) is 4.37. The number of hydrogen-bond acceptors (Lipinski definition) is 5. The second-order valence-corrected chi connectivity index (χ2v) is 9.17. The molecule has 0 aliphatic heterocycles. The Labute approximate surface area is 200 Å². The average molecular weight is 469 g/mol. The molecule has 0 radical (unpaired) electrons. The number of phenolic OH excluding ortho intramolecular Hbond substituents is 1. The van der Waals surface area contributed by atoms with Gasteiger partial charge in [0, 0.05) is 11.6 Å². The highest BCUT2D eigenvalue weighted by atomic mass is 35.5. The van der Waals surface area contributed by atoms with Gasteiger partial charge in [0.1, 0.15) is 18.4 Å². The zero-order valence-electron chi connectivity index (χ0n) is 19.1. The Kier molecular flexibility index (Phi) is 9.43. The highest BCUT2D eigenvalue weighted by Gasteiger charge is 2.25. The Morgan fingerprint density at radius 3 is 2.53 bits per heavy atom. The van der Waals surface area contributed by atoms with Gasteiger partial charge in [-0.2, -0.15) is 5.26 Å². The molecule has 2 rings (SSSR count). The van der Waals surface area contributed by atoms with Gasteiger partial charge in [-0.25, -0.2) is 0 Å². The number of thioether (sulfide) groups is 1. The minimum absolute atomic E-state index is 0.167. The van der Waals surface area contributed by atoms with Crippen LogP contribution in [0.5, 0.6) is 11.5 Å². The average Bonchev–Trinajstić information content (AvgIpc) is 2.79. The zero-order chi connectivity index (χ0) is 23.7. The van der Waals surface area contributed by atoms with E-state index in [1.165, 1.54) is 0 Å². The summed E-state index contributed by atoms with van der Waals surface area (Å²) in [6.07, 6.45) is 8.82. The molecule has 0 aliphatic rings. The van der Waals surface area contributed by atoms with Crippen molar-refractivity contribution in [2.24, 2.45) is 4.99 Å². The maximum atomic E-state index is 9.94. The van der Waals surface area contributed by atoms with E-state index in [4.69, 9.17) is 16.3 Å². The second-order valence-electron chi connectivity index (χ2n) is 7.76. The molecular formula is C26H29ClN2O2S. The standard InChI is InChI=1S/C26H29ClN2O2S/c1-6-7-19(12-13-29-18(2)32-5)17-31-23-10-8-21(9-11-23)26(3,4)22-14-20(16-28)25(30)24(27)15-22/h7-15,30H,6,17H2,1-5H3/b13-12-,19-7-,29-18?. The van der Waals surface area contributed by atoms with Gasteiger partial charge in [-0.1, -0.05) is 50.6 Å². The van der Waals surface area contributed by atoms with Crippen LogP contribution in [0.4, 0.5) is 0 Å². The van der Waals surface area contributed by atoms with Gasteiger partial charge in [0.25, 0.3) is 0 Å². The molecule has 0 saturated carbocycles. The van der Waals surface area contributed by atoms with Gasteiger partial charge in [-0.05, 0) is 66.6 Å². The van der Waals surface area contributed by atoms with Crippen molar-refractivity contribution >= 4 is 28.4 Å². The van der Waals surface area contributed by atoms with Gasteiger partial charge in [-0.3, -0.25) is 4.99 Å². The lowest BCUT2D eigenvalue weighted by molar-refractivity contribution is 0.355. The summed E-state index contributed by atoms with van der Waals surface area (Å²) in [6.45, 7) is 8.63. The molecule has 0 aliphatic carbocycles. The summed E-state index contributed by atoms with van der Waals surface area (Å²) >= 11 is 7.75. The highest BCUT2D eigenvalue weighted by molar-refractivity contribution is 8.13. The van der Waals surface area contributed by atoms with E-state index in [9.17, 15) is 10.4 Å². The molecule has 0 fully saturated rings. The first-order valence-corrected chi connectivity index (χ1v) is 11.9. The van der Waals surface area contributed by atoms with Crippen molar-refractivity contribution in [3.8, 4) is 17.6 Å². The minimum atomic E-state index is -0.412. The molecule has 0 atom stereocenters. The lowest BCUT2D eigenvalue weighted by Crippen LogP contribution is -2.19. The molecule has 0 spiro atoms. The first-order chi connectivity index (χ1) is 15.2. The van der Waals surface area contributed by atoms with Gasteiger partial charge in [0.2, 0.25) is 0 Å². The Bertz CT molecular complexity index is 1060. The predicted molar refractivity (Wildman–Crippen MR) is 136 cm³/mol. The molecule has 4 nitrogen and oxygen atoms in total. The Morgan fingerprint density at radius 2 is 1.94 bits per heavy atom. The van der Waals surface area contributed by atoms with E-state index in [-0.39, 0.29) is 16.3 Å². The van der Waals surface area contributed by atoms with Crippen LogP contribution in [0, 0.1) is 11.3 Å². The van der Waals surface area contributed by atoms with Crippen LogP contribution < -0.4 is 4.74 Å². The van der Waals surface area contributed by atoms with E-state index >= 15 is 0 Å². The van der Waals surface area contributed by atoms with Crippen molar-refractivity contribution in [2.45, 2.75) is 39.5 Å². The monoisotopic (exact) mass is 468 g/mol. The van der Waals surface area contributed by atoms with Crippen LogP contribution in [0.1, 0.15) is 50.8 Å². The summed E-state index contributed by atoms with van der Waals surface area (Å²) in [5.74, 6) is 0.585. The molecule has 0 bridgehead atoms. The van der Waals surface area contributed by atoms with Crippen molar-refractivity contribution < 1.29 is 9.84 Å². The molecule has 0 amide bonds. The number of benzene rings is 2. The Morgan fingerprint density at radius 1 is 1.25 bits per heavy atom. The van der Waals surface area contributed by atoms with E-state index in [1.807, 2.05) is 49.6 Å². The molecule has 168 valence electrons. The zero-order valence-corrected chi connectivity index (χ0v) is 20.7. The SMILES string of the molecule is CC/C=C(/C=C\N=C(C)SC)COc1ccc(C(C)(C)c2cc(Cl)c(O)c(C#N)c2)cc1. The first-order valence-electron chi connectivity index (χ1n) is 10.3. The molecule has 32 heavy (non-hydrogen) atoms. The maximum absolute atomic E-state index is 9.94. The fourth-order valence-electron chi connectivity index (χ4n) is 3.07. The van der Waals surface area contributed by atoms with E-state index in [2.05, 4.69) is 31.8 Å². The van der Waals surface area contributed by atoms with Crippen LogP contribution in [0.25, 0.3) is 0 Å². The highest BCUT2D eigenvalue weighted by Crippen LogP contribution is 2.38. The molecular weight excluding hydrogens is 440 g/mol. The van der Waals surface area contributed by atoms with E-state index in [0.29, 0.717) is 6.61 Å². The van der Waals surface area contributed by atoms with E-state index < -0.39 is 5.41 Å². The lowest BCUT2D eigenvalue weighted by atomic mass is 9.77. The third-order valence-electron chi connectivity index (χ3n) is 5.19. The molecule has 0 aromatic heterocycles. The Balaban J connectivity index is 2.16. The summed E-state index contributed by atoms with van der Waals surface area (Å²) in [5.41, 5.74) is 2.72. The summed E-state index contributed by atoms with van der Waals surface area (Å²) in [7, 11) is 0. The van der Waals surface area contributed by atoms with Crippen molar-refractivity contribution in [1.29, 1.82) is 5.26 Å². The van der Waals surface area contributed by atoms with E-state index in [0.717, 1.165) is 33.9 Å². The first kappa shape index (κ1) is 25.6. The van der Waals surface area contributed by atoms with Crippen LogP contribution in [-0.4, -0.2) is 23.0 Å². The third-order valence-corrected chi connectivity index (χ3v) is 6.18. The van der Waals surface area contributed by atoms with Crippen LogP contribution in [0.2, 0.25) is 5.02 Å². The van der Waals surface area contributed by atoms with Crippen LogP contribution >= 0.6 is 23.4 Å². The quantitative estimate of drug-likeness (QED) is 0.251. The lowest BCUT2D eigenvalue weighted by Gasteiger charge is -2.27. The number of rotatable bonds is 8. The number of nitriles is 1. The molecule has 2 aromatic rings. The van der Waals surface area contributed by atoms with Crippen molar-refractivity contribution in [3.63, 3.8) is 0 Å². The number of hydrogen-bond donors (Lipinski definition) is 1. The smallest absolute Gasteiger partial charge is 0.151 e. The third kappa shape index (κ3) is 6.66. The summed E-state index contributed by atoms with van der Waals surface area (Å²) in [5, 5.41) is 20.4. The van der Waals surface area contributed by atoms with Gasteiger partial charge in [0.15, 0.2) is 5.75 Å². The number of nitrogens with zero attached hydrogens (tertiary/aromatic N) is 2. The van der Waals surface area contributed by atoms with Crippen molar-refractivity contribution in [3.05, 3.63) is 82.0 Å². The largest absolute Gasteiger partial charge is 0.505 e. The van der Waals surface area contributed by atoms with Gasteiger partial charge in [-0.15, -0.1) is 11.8 Å². The Hall–Kier alpha value is -2.68. The maximum Gasteiger partial charge on any atom is 0.151 e. The number of ether oxygens (including phenoxy) is 1. The number of aromatic hydroxyl groups is 1. The van der Waals surface area contributed by atoms with Crippen LogP contribution in [0.15, 0.2) is 65.3 Å². The van der Waals surface area contributed by atoms with Gasteiger partial charge < -0.3 is 9.84 Å². The van der Waals surface area contributed by atoms with Crippen LogP contribution in [0.3, 0.4) is 0 Å². The number of allylic oxidation sites excluding steroid dienone is 1. The normalized spacial score (nSPS) is 12.8. The molecule has 1 N–H and O–H groups in total. The molecule has 2 aromatic carbocycles. The summed E-state index contributed by atoms with van der Waals surface area (Å²) in [6, 6.07) is 13.3. The molecule has 0 unspecified atom stereocenters. The van der Waals surface area contributed by atoms with Crippen molar-refractivity contribution in [1.82, 2.24) is 0 Å². The fourth-order valence-corrected chi connectivity index (χ4v) is 3.46. The van der Waals surface area contributed by atoms with E-state index in [1.54, 1.807) is 30.1 Å².